The monoisotopic (exact) mass is 276 g/mol. The Morgan fingerprint density at radius 3 is 3.05 bits per heavy atom. The lowest BCUT2D eigenvalue weighted by Gasteiger charge is -2.24. The quantitative estimate of drug-likeness (QED) is 0.916. The van der Waals surface area contributed by atoms with Crippen LogP contribution in [0.15, 0.2) is 24.3 Å². The molecule has 0 radical (unpaired) electrons. The summed E-state index contributed by atoms with van der Waals surface area (Å²) in [6.45, 7) is 2.24. The molecule has 0 bridgehead atoms. The van der Waals surface area contributed by atoms with Gasteiger partial charge in [-0.15, -0.1) is 11.3 Å². The van der Waals surface area contributed by atoms with Crippen LogP contribution < -0.4 is 0 Å². The fourth-order valence-corrected chi connectivity index (χ4v) is 3.68. The summed E-state index contributed by atoms with van der Waals surface area (Å²) < 4.78 is 1.15. The summed E-state index contributed by atoms with van der Waals surface area (Å²) >= 11 is 1.64. The Morgan fingerprint density at radius 2 is 2.32 bits per heavy atom. The minimum Gasteiger partial charge on any atom is -0.384 e. The average Bonchev–Trinajstić information content (AvgIpc) is 3.03. The Labute approximate surface area is 115 Å². The zero-order valence-corrected chi connectivity index (χ0v) is 11.6. The van der Waals surface area contributed by atoms with Crippen LogP contribution in [-0.2, 0) is 4.79 Å². The molecule has 0 saturated carbocycles. The van der Waals surface area contributed by atoms with E-state index in [1.165, 1.54) is 6.92 Å². The second-order valence-corrected chi connectivity index (χ2v) is 5.95. The lowest BCUT2D eigenvalue weighted by Crippen LogP contribution is -2.37. The van der Waals surface area contributed by atoms with Gasteiger partial charge >= 0.3 is 0 Å². The highest BCUT2D eigenvalue weighted by Gasteiger charge is 2.33. The van der Waals surface area contributed by atoms with E-state index >= 15 is 0 Å². The van der Waals surface area contributed by atoms with Gasteiger partial charge in [-0.1, -0.05) is 12.1 Å². The number of aromatic nitrogens is 1. The summed E-state index contributed by atoms with van der Waals surface area (Å²) in [4.78, 5) is 18.4. The molecule has 1 saturated heterocycles. The number of likely N-dealkylation sites (tertiary alicyclic amines) is 1. The molecule has 1 aliphatic rings. The number of rotatable bonds is 2. The number of aliphatic hydroxyl groups is 1. The van der Waals surface area contributed by atoms with Crippen molar-refractivity contribution in [2.24, 2.45) is 0 Å². The third-order valence-electron chi connectivity index (χ3n) is 3.49. The minimum absolute atomic E-state index is 0.0273. The Bertz CT molecular complexity index is 575. The normalized spacial score (nSPS) is 20.9. The number of aliphatic hydroxyl groups excluding tert-OH is 1. The summed E-state index contributed by atoms with van der Waals surface area (Å²) in [5.74, 6) is -0.193. The Balaban J connectivity index is 1.93. The Hall–Kier alpha value is -1.46. The molecule has 1 aromatic carbocycles. The smallest absolute Gasteiger partial charge is 0.251 e. The fraction of sp³-hybridized carbons (Fsp3) is 0.429. The van der Waals surface area contributed by atoms with Gasteiger partial charge < -0.3 is 10.0 Å². The van der Waals surface area contributed by atoms with Gasteiger partial charge in [0.25, 0.3) is 5.91 Å². The van der Waals surface area contributed by atoms with Crippen LogP contribution in [0.4, 0.5) is 0 Å². The molecular weight excluding hydrogens is 260 g/mol. The number of carbonyl (C=O) groups is 1. The van der Waals surface area contributed by atoms with Crippen LogP contribution in [0.25, 0.3) is 10.2 Å². The number of nitrogens with zero attached hydrogens (tertiary/aromatic N) is 2. The van der Waals surface area contributed by atoms with Gasteiger partial charge in [-0.3, -0.25) is 4.79 Å². The first-order chi connectivity index (χ1) is 9.16. The second kappa shape index (κ2) is 4.90. The van der Waals surface area contributed by atoms with Crippen molar-refractivity contribution < 1.29 is 9.90 Å². The first kappa shape index (κ1) is 12.6. The molecule has 2 heterocycles. The zero-order chi connectivity index (χ0) is 13.4. The van der Waals surface area contributed by atoms with Crippen LogP contribution in [-0.4, -0.2) is 33.5 Å². The van der Waals surface area contributed by atoms with E-state index in [1.807, 2.05) is 24.3 Å². The van der Waals surface area contributed by atoms with Gasteiger partial charge in [-0.2, -0.15) is 0 Å². The van der Waals surface area contributed by atoms with Gasteiger partial charge in [0, 0.05) is 6.54 Å². The highest BCUT2D eigenvalue weighted by molar-refractivity contribution is 7.18. The standard InChI is InChI=1S/C14H16N2O2S/c1-9(17)14(18)16-8-4-6-11(16)13-15-10-5-2-3-7-12(10)19-13/h2-3,5,7,9,11,17H,4,6,8H2,1H3. The van der Waals surface area contributed by atoms with E-state index in [2.05, 4.69) is 4.98 Å². The molecule has 2 atom stereocenters. The van der Waals surface area contributed by atoms with Gasteiger partial charge in [-0.25, -0.2) is 4.98 Å². The topological polar surface area (TPSA) is 53.4 Å². The van der Waals surface area contributed by atoms with Crippen molar-refractivity contribution in [3.8, 4) is 0 Å². The molecule has 1 fully saturated rings. The zero-order valence-electron chi connectivity index (χ0n) is 10.7. The van der Waals surface area contributed by atoms with E-state index in [4.69, 9.17) is 0 Å². The number of carbonyl (C=O) groups excluding carboxylic acids is 1. The molecule has 19 heavy (non-hydrogen) atoms. The third kappa shape index (κ3) is 2.24. The molecule has 1 amide bonds. The van der Waals surface area contributed by atoms with Crippen molar-refractivity contribution in [2.45, 2.75) is 31.9 Å². The maximum absolute atomic E-state index is 12.0. The van der Waals surface area contributed by atoms with E-state index in [0.717, 1.165) is 28.1 Å². The van der Waals surface area contributed by atoms with Crippen LogP contribution >= 0.6 is 11.3 Å². The molecule has 1 aromatic heterocycles. The number of benzene rings is 1. The first-order valence-corrected chi connectivity index (χ1v) is 7.32. The van der Waals surface area contributed by atoms with Gasteiger partial charge in [0.1, 0.15) is 11.1 Å². The number of para-hydroxylation sites is 1. The van der Waals surface area contributed by atoms with Crippen molar-refractivity contribution in [2.75, 3.05) is 6.54 Å². The molecule has 2 unspecified atom stereocenters. The van der Waals surface area contributed by atoms with E-state index in [0.29, 0.717) is 6.54 Å². The van der Waals surface area contributed by atoms with Gasteiger partial charge in [0.2, 0.25) is 0 Å². The molecule has 0 aliphatic carbocycles. The van der Waals surface area contributed by atoms with E-state index in [1.54, 1.807) is 16.2 Å². The van der Waals surface area contributed by atoms with E-state index in [-0.39, 0.29) is 11.9 Å². The van der Waals surface area contributed by atoms with Gasteiger partial charge in [0.05, 0.1) is 16.3 Å². The number of hydrogen-bond donors (Lipinski definition) is 1. The maximum Gasteiger partial charge on any atom is 0.251 e. The van der Waals surface area contributed by atoms with Crippen molar-refractivity contribution in [1.29, 1.82) is 0 Å². The summed E-state index contributed by atoms with van der Waals surface area (Å²) in [6.07, 6.45) is 0.965. The summed E-state index contributed by atoms with van der Waals surface area (Å²) in [5, 5.41) is 10.5. The van der Waals surface area contributed by atoms with Crippen LogP contribution in [0.5, 0.6) is 0 Å². The highest BCUT2D eigenvalue weighted by Crippen LogP contribution is 2.36. The van der Waals surface area contributed by atoms with Gasteiger partial charge in [-0.05, 0) is 31.9 Å². The molecule has 0 spiro atoms. The summed E-state index contributed by atoms with van der Waals surface area (Å²) in [7, 11) is 0. The van der Waals surface area contributed by atoms with Crippen molar-refractivity contribution in [3.63, 3.8) is 0 Å². The highest BCUT2D eigenvalue weighted by atomic mass is 32.1. The fourth-order valence-electron chi connectivity index (χ4n) is 2.56. The second-order valence-electron chi connectivity index (χ2n) is 4.89. The van der Waals surface area contributed by atoms with Crippen molar-refractivity contribution in [3.05, 3.63) is 29.3 Å². The molecule has 1 N–H and O–H groups in total. The number of hydrogen-bond acceptors (Lipinski definition) is 4. The van der Waals surface area contributed by atoms with Crippen LogP contribution in [0, 0.1) is 0 Å². The molecule has 5 heteroatoms. The van der Waals surface area contributed by atoms with E-state index < -0.39 is 6.10 Å². The molecule has 4 nitrogen and oxygen atoms in total. The van der Waals surface area contributed by atoms with Crippen LogP contribution in [0.1, 0.15) is 30.8 Å². The van der Waals surface area contributed by atoms with Crippen molar-refractivity contribution >= 4 is 27.5 Å². The predicted molar refractivity (Wildman–Crippen MR) is 75.0 cm³/mol. The first-order valence-electron chi connectivity index (χ1n) is 6.51. The van der Waals surface area contributed by atoms with Crippen LogP contribution in [0.3, 0.4) is 0 Å². The average molecular weight is 276 g/mol. The molecular formula is C14H16N2O2S. The number of thiazole rings is 1. The molecule has 100 valence electrons. The minimum atomic E-state index is -0.935. The SMILES string of the molecule is CC(O)C(=O)N1CCCC1c1nc2ccccc2s1. The van der Waals surface area contributed by atoms with Gasteiger partial charge in [0.15, 0.2) is 0 Å². The maximum atomic E-state index is 12.0. The molecule has 3 rings (SSSR count). The molecule has 2 aromatic rings. The summed E-state index contributed by atoms with van der Waals surface area (Å²) in [6, 6.07) is 8.04. The molecule has 1 aliphatic heterocycles. The van der Waals surface area contributed by atoms with E-state index in [9.17, 15) is 9.90 Å². The Morgan fingerprint density at radius 1 is 1.53 bits per heavy atom. The predicted octanol–water partition coefficient (Wildman–Crippen LogP) is 2.34. The lowest BCUT2D eigenvalue weighted by atomic mass is 10.2. The number of amides is 1. The largest absolute Gasteiger partial charge is 0.384 e. The summed E-state index contributed by atoms with van der Waals surface area (Å²) in [5.41, 5.74) is 0.985. The third-order valence-corrected chi connectivity index (χ3v) is 4.63. The van der Waals surface area contributed by atoms with Crippen molar-refractivity contribution in [1.82, 2.24) is 9.88 Å². The van der Waals surface area contributed by atoms with Crippen LogP contribution in [0.2, 0.25) is 0 Å². The number of fused-ring (bicyclic) bond motifs is 1. The Kier molecular flexibility index (Phi) is 3.24. The lowest BCUT2D eigenvalue weighted by molar-refractivity contribution is -0.140.